The molecule has 7 heteroatoms. The molecular formula is C43H33Br2NO4. The predicted molar refractivity (Wildman–Crippen MR) is 203 cm³/mol. The first-order chi connectivity index (χ1) is 24.2. The molecule has 0 aromatic heterocycles. The molecule has 0 radical (unpaired) electrons. The summed E-state index contributed by atoms with van der Waals surface area (Å²) in [6, 6.07) is 44.1. The maximum absolute atomic E-state index is 15.4. The Balaban J connectivity index is 1.58. The monoisotopic (exact) mass is 785 g/mol. The molecule has 0 unspecified atom stereocenters. The number of rotatable bonds is 7. The van der Waals surface area contributed by atoms with Gasteiger partial charge in [0.15, 0.2) is 11.2 Å². The van der Waals surface area contributed by atoms with E-state index in [0.29, 0.717) is 26.7 Å². The highest BCUT2D eigenvalue weighted by Crippen LogP contribution is 2.64. The smallest absolute Gasteiger partial charge is 0.327 e. The van der Waals surface area contributed by atoms with Crippen LogP contribution in [-0.4, -0.2) is 23.5 Å². The number of nitriles is 1. The van der Waals surface area contributed by atoms with Crippen molar-refractivity contribution in [2.75, 3.05) is 6.61 Å². The number of aliphatic hydroxyl groups is 1. The van der Waals surface area contributed by atoms with Gasteiger partial charge in [-0.05, 0) is 88.0 Å². The topological polar surface area (TPSA) is 87.4 Å². The summed E-state index contributed by atoms with van der Waals surface area (Å²) in [7, 11) is 0. The van der Waals surface area contributed by atoms with Crippen LogP contribution in [0.4, 0.5) is 0 Å². The first-order valence-electron chi connectivity index (χ1n) is 16.5. The minimum Gasteiger partial charge on any atom is -0.465 e. The maximum Gasteiger partial charge on any atom is 0.327 e. The molecular weight excluding hydrogens is 754 g/mol. The van der Waals surface area contributed by atoms with Crippen molar-refractivity contribution in [1.29, 1.82) is 5.26 Å². The second-order valence-electron chi connectivity index (χ2n) is 12.9. The van der Waals surface area contributed by atoms with Crippen molar-refractivity contribution >= 4 is 65.2 Å². The number of hydrogen-bond acceptors (Lipinski definition) is 5. The van der Waals surface area contributed by atoms with Crippen LogP contribution in [0.5, 0.6) is 0 Å². The number of benzene rings is 6. The third-order valence-corrected chi connectivity index (χ3v) is 11.2. The van der Waals surface area contributed by atoms with Gasteiger partial charge in [0.05, 0.1) is 18.6 Å². The van der Waals surface area contributed by atoms with E-state index in [9.17, 15) is 15.2 Å². The summed E-state index contributed by atoms with van der Waals surface area (Å²) in [5.41, 5.74) is -1.59. The van der Waals surface area contributed by atoms with Crippen LogP contribution in [0.15, 0.2) is 142 Å². The number of Topliss-reactive ketones (excluding diaryl/α,β-unsaturated/α-hetero) is 1. The quantitative estimate of drug-likeness (QED) is 0.129. The van der Waals surface area contributed by atoms with Gasteiger partial charge in [-0.15, -0.1) is 0 Å². The Bertz CT molecular complexity index is 2310. The van der Waals surface area contributed by atoms with E-state index in [4.69, 9.17) is 4.74 Å². The average molecular weight is 788 g/mol. The van der Waals surface area contributed by atoms with E-state index >= 15 is 4.79 Å². The molecule has 7 rings (SSSR count). The van der Waals surface area contributed by atoms with E-state index in [1.54, 1.807) is 13.0 Å². The Hall–Kier alpha value is -4.61. The zero-order chi connectivity index (χ0) is 35.0. The number of esters is 1. The molecule has 0 aliphatic heterocycles. The average Bonchev–Trinajstić information content (AvgIpc) is 3.13. The third-order valence-electron chi connectivity index (χ3n) is 10.2. The van der Waals surface area contributed by atoms with Crippen molar-refractivity contribution in [3.8, 4) is 6.07 Å². The Morgan fingerprint density at radius 3 is 1.96 bits per heavy atom. The van der Waals surface area contributed by atoms with Gasteiger partial charge in [0, 0.05) is 26.3 Å². The van der Waals surface area contributed by atoms with Gasteiger partial charge in [-0.1, -0.05) is 129 Å². The normalized spacial score (nSPS) is 23.3. The molecule has 6 aromatic carbocycles. The maximum atomic E-state index is 15.4. The molecule has 0 spiro atoms. The number of halogens is 2. The lowest BCUT2D eigenvalue weighted by molar-refractivity contribution is -0.164. The zero-order valence-corrected chi connectivity index (χ0v) is 30.4. The van der Waals surface area contributed by atoms with E-state index in [2.05, 4.69) is 37.9 Å². The lowest BCUT2D eigenvalue weighted by atomic mass is 9.47. The van der Waals surface area contributed by atoms with Crippen molar-refractivity contribution in [3.63, 3.8) is 0 Å². The van der Waals surface area contributed by atoms with Crippen molar-refractivity contribution in [2.24, 2.45) is 11.3 Å². The van der Waals surface area contributed by atoms with Crippen molar-refractivity contribution < 1.29 is 19.4 Å². The summed E-state index contributed by atoms with van der Waals surface area (Å²) >= 11 is 7.19. The summed E-state index contributed by atoms with van der Waals surface area (Å²) in [5, 5.41) is 28.7. The summed E-state index contributed by atoms with van der Waals surface area (Å²) in [6.45, 7) is 1.74. The van der Waals surface area contributed by atoms with Gasteiger partial charge in [0.2, 0.25) is 0 Å². The molecule has 1 aliphatic carbocycles. The lowest BCUT2D eigenvalue weighted by Gasteiger charge is -2.54. The molecule has 6 aromatic rings. The van der Waals surface area contributed by atoms with Crippen LogP contribution >= 0.6 is 31.9 Å². The van der Waals surface area contributed by atoms with Crippen LogP contribution < -0.4 is 0 Å². The number of fused-ring (bicyclic) bond motifs is 2. The SMILES string of the molecule is CCOC(=O)[C@]1(C#N)[C@@H](c2cccc(Br)c2)C[C@@](O)(c2ccc3ccccc3c2)[C@H](C(=O)c2ccc3ccccc3c2)[C@H]1c1cccc(Br)c1. The Kier molecular flexibility index (Phi) is 9.21. The predicted octanol–water partition coefficient (Wildman–Crippen LogP) is 10.2. The fourth-order valence-electron chi connectivity index (χ4n) is 7.97. The first-order valence-corrected chi connectivity index (χ1v) is 18.1. The van der Waals surface area contributed by atoms with Crippen molar-refractivity contribution in [1.82, 2.24) is 0 Å². The number of ketones is 1. The van der Waals surface area contributed by atoms with E-state index in [-0.39, 0.29) is 18.8 Å². The van der Waals surface area contributed by atoms with Gasteiger partial charge >= 0.3 is 5.97 Å². The fourth-order valence-corrected chi connectivity index (χ4v) is 8.81. The summed E-state index contributed by atoms with van der Waals surface area (Å²) < 4.78 is 7.25. The van der Waals surface area contributed by atoms with Gasteiger partial charge < -0.3 is 9.84 Å². The van der Waals surface area contributed by atoms with Crippen LogP contribution in [0.25, 0.3) is 21.5 Å². The third kappa shape index (κ3) is 5.76. The molecule has 1 fully saturated rings. The second kappa shape index (κ2) is 13.6. The van der Waals surface area contributed by atoms with Crippen LogP contribution in [0.3, 0.4) is 0 Å². The second-order valence-corrected chi connectivity index (χ2v) is 14.8. The summed E-state index contributed by atoms with van der Waals surface area (Å²) in [6.07, 6.45) is -0.0946. The molecule has 248 valence electrons. The fraction of sp³-hybridized carbons (Fsp3) is 0.186. The Morgan fingerprint density at radius 2 is 1.34 bits per heavy atom. The van der Waals surface area contributed by atoms with Crippen LogP contribution in [0.2, 0.25) is 0 Å². The van der Waals surface area contributed by atoms with Gasteiger partial charge in [-0.25, -0.2) is 0 Å². The molecule has 0 saturated heterocycles. The highest BCUT2D eigenvalue weighted by atomic mass is 79.9. The van der Waals surface area contributed by atoms with Crippen LogP contribution in [0, 0.1) is 22.7 Å². The molecule has 0 heterocycles. The van der Waals surface area contributed by atoms with Gasteiger partial charge in [-0.2, -0.15) is 5.26 Å². The highest BCUT2D eigenvalue weighted by Gasteiger charge is 2.67. The van der Waals surface area contributed by atoms with E-state index in [0.717, 1.165) is 26.0 Å². The molecule has 50 heavy (non-hydrogen) atoms. The first kappa shape index (κ1) is 33.9. The molecule has 5 nitrogen and oxygen atoms in total. The van der Waals surface area contributed by atoms with Crippen LogP contribution in [0.1, 0.15) is 52.2 Å². The zero-order valence-electron chi connectivity index (χ0n) is 27.2. The Morgan fingerprint density at radius 1 is 0.760 bits per heavy atom. The number of carbonyl (C=O) groups is 2. The van der Waals surface area contributed by atoms with Crippen molar-refractivity contribution in [2.45, 2.75) is 30.8 Å². The van der Waals surface area contributed by atoms with E-state index in [1.807, 2.05) is 127 Å². The minimum atomic E-state index is -1.90. The standard InChI is InChI=1S/C43H33Br2NO4/c1-2-50-41(48)42(26-46)37(31-13-7-15-35(44)23-31)25-43(49,34-20-19-28-10-4-6-12-30(28)22-34)39(38(42)32-14-8-16-36(45)24-32)40(47)33-18-17-27-9-3-5-11-29(27)21-33/h3-24,37-39,49H,2,25H2,1H3/t37-,38-,39+,42-,43-/m1/s1. The van der Waals surface area contributed by atoms with Crippen molar-refractivity contribution in [3.05, 3.63) is 165 Å². The van der Waals surface area contributed by atoms with Gasteiger partial charge in [0.25, 0.3) is 0 Å². The molecule has 1 aliphatic rings. The Labute approximate surface area is 307 Å². The minimum absolute atomic E-state index is 0.0386. The molecule has 0 amide bonds. The number of hydrogen-bond donors (Lipinski definition) is 1. The van der Waals surface area contributed by atoms with Crippen LogP contribution in [-0.2, 0) is 15.1 Å². The van der Waals surface area contributed by atoms with E-state index in [1.165, 1.54) is 0 Å². The summed E-state index contributed by atoms with van der Waals surface area (Å²) in [4.78, 5) is 30.0. The molecule has 0 bridgehead atoms. The van der Waals surface area contributed by atoms with Gasteiger partial charge in [0.1, 0.15) is 5.60 Å². The highest BCUT2D eigenvalue weighted by molar-refractivity contribution is 9.10. The summed E-state index contributed by atoms with van der Waals surface area (Å²) in [5.74, 6) is -4.36. The molecule has 1 saturated carbocycles. The molecule has 1 N–H and O–H groups in total. The largest absolute Gasteiger partial charge is 0.465 e. The van der Waals surface area contributed by atoms with E-state index < -0.39 is 34.7 Å². The lowest BCUT2D eigenvalue weighted by Crippen LogP contribution is -2.59. The van der Waals surface area contributed by atoms with Gasteiger partial charge in [-0.3, -0.25) is 9.59 Å². The number of ether oxygens (including phenoxy) is 1. The molecule has 5 atom stereocenters. The number of nitrogens with zero attached hydrogens (tertiary/aromatic N) is 1. The number of carbonyl (C=O) groups excluding carboxylic acids is 2.